The number of cyclic esters (lactones) is 1. The van der Waals surface area contributed by atoms with E-state index in [1.807, 2.05) is 0 Å². The molecule has 1 N–H and O–H groups in total. The third-order valence-corrected chi connectivity index (χ3v) is 4.16. The lowest BCUT2D eigenvalue weighted by Crippen LogP contribution is -2.04. The van der Waals surface area contributed by atoms with Gasteiger partial charge in [0.05, 0.1) is 5.57 Å². The summed E-state index contributed by atoms with van der Waals surface area (Å²) in [5, 5.41) is 10.1. The number of ether oxygens (including phenoxy) is 1. The van der Waals surface area contributed by atoms with E-state index >= 15 is 0 Å². The van der Waals surface area contributed by atoms with Crippen LogP contribution < -0.4 is 0 Å². The molecule has 1 atom stereocenters. The van der Waals surface area contributed by atoms with Gasteiger partial charge in [0.25, 0.3) is 0 Å². The van der Waals surface area contributed by atoms with Gasteiger partial charge in [0.15, 0.2) is 17.7 Å². The SMILES string of the molecule is CC(=O)c1ccc(C2=C(O)C(=O)OC2c2ccc(C(C)=O)cc2)cc1. The quantitative estimate of drug-likeness (QED) is 0.681. The molecule has 1 unspecified atom stereocenters. The van der Waals surface area contributed by atoms with Crippen molar-refractivity contribution in [2.75, 3.05) is 0 Å². The number of rotatable bonds is 4. The highest BCUT2D eigenvalue weighted by molar-refractivity contribution is 6.01. The fourth-order valence-corrected chi connectivity index (χ4v) is 2.76. The largest absolute Gasteiger partial charge is 0.502 e. The van der Waals surface area contributed by atoms with E-state index in [9.17, 15) is 19.5 Å². The molecule has 2 aromatic carbocycles. The van der Waals surface area contributed by atoms with Crippen LogP contribution in [0.2, 0.25) is 0 Å². The zero-order valence-corrected chi connectivity index (χ0v) is 13.8. The van der Waals surface area contributed by atoms with Crippen molar-refractivity contribution in [1.82, 2.24) is 0 Å². The van der Waals surface area contributed by atoms with Crippen LogP contribution in [-0.2, 0) is 9.53 Å². The highest BCUT2D eigenvalue weighted by Gasteiger charge is 2.36. The van der Waals surface area contributed by atoms with E-state index in [1.54, 1.807) is 48.5 Å². The molecule has 0 saturated heterocycles. The molecule has 0 spiro atoms. The Bertz CT molecular complexity index is 889. The van der Waals surface area contributed by atoms with Crippen molar-refractivity contribution < 1.29 is 24.2 Å². The van der Waals surface area contributed by atoms with Crippen LogP contribution >= 0.6 is 0 Å². The van der Waals surface area contributed by atoms with E-state index in [-0.39, 0.29) is 11.6 Å². The molecular weight excluding hydrogens is 320 g/mol. The van der Waals surface area contributed by atoms with Gasteiger partial charge in [-0.1, -0.05) is 48.5 Å². The van der Waals surface area contributed by atoms with Crippen LogP contribution in [0.25, 0.3) is 5.57 Å². The maximum atomic E-state index is 11.9. The Labute approximate surface area is 144 Å². The van der Waals surface area contributed by atoms with E-state index in [1.165, 1.54) is 13.8 Å². The molecule has 2 aromatic rings. The van der Waals surface area contributed by atoms with Gasteiger partial charge in [0, 0.05) is 11.1 Å². The number of aliphatic hydroxyl groups excluding tert-OH is 1. The van der Waals surface area contributed by atoms with Gasteiger partial charge in [-0.25, -0.2) is 4.79 Å². The molecule has 0 bridgehead atoms. The zero-order chi connectivity index (χ0) is 18.1. The zero-order valence-electron chi connectivity index (χ0n) is 13.8. The van der Waals surface area contributed by atoms with Gasteiger partial charge in [0.1, 0.15) is 0 Å². The van der Waals surface area contributed by atoms with Crippen LogP contribution in [-0.4, -0.2) is 22.6 Å². The van der Waals surface area contributed by atoms with Crippen LogP contribution in [0, 0.1) is 0 Å². The predicted molar refractivity (Wildman–Crippen MR) is 91.3 cm³/mol. The van der Waals surface area contributed by atoms with Gasteiger partial charge in [0.2, 0.25) is 5.76 Å². The average molecular weight is 336 g/mol. The molecule has 0 aliphatic carbocycles. The first kappa shape index (κ1) is 16.6. The highest BCUT2D eigenvalue weighted by Crippen LogP contribution is 2.40. The number of hydrogen-bond donors (Lipinski definition) is 1. The number of carbonyl (C=O) groups excluding carboxylic acids is 3. The summed E-state index contributed by atoms with van der Waals surface area (Å²) in [6.07, 6.45) is -0.767. The monoisotopic (exact) mass is 336 g/mol. The van der Waals surface area contributed by atoms with Crippen LogP contribution in [0.15, 0.2) is 54.3 Å². The molecule has 0 radical (unpaired) electrons. The first-order chi connectivity index (χ1) is 11.9. The number of carbonyl (C=O) groups is 3. The number of ketones is 2. The minimum absolute atomic E-state index is 0.0617. The summed E-state index contributed by atoms with van der Waals surface area (Å²) in [4.78, 5) is 34.6. The third kappa shape index (κ3) is 3.08. The Balaban J connectivity index is 2.01. The van der Waals surface area contributed by atoms with E-state index in [4.69, 9.17) is 4.74 Å². The smallest absolute Gasteiger partial charge is 0.374 e. The molecule has 25 heavy (non-hydrogen) atoms. The summed E-state index contributed by atoms with van der Waals surface area (Å²) in [5.74, 6) is -1.38. The summed E-state index contributed by atoms with van der Waals surface area (Å²) in [6, 6.07) is 13.3. The average Bonchev–Trinajstić information content (AvgIpc) is 2.90. The number of Topliss-reactive ketones (excluding diaryl/α,β-unsaturated/α-hetero) is 2. The van der Waals surface area contributed by atoms with E-state index in [0.717, 1.165) is 0 Å². The number of esters is 1. The molecule has 0 fully saturated rings. The highest BCUT2D eigenvalue weighted by atomic mass is 16.6. The van der Waals surface area contributed by atoms with Crippen molar-refractivity contribution in [2.45, 2.75) is 20.0 Å². The van der Waals surface area contributed by atoms with E-state index in [0.29, 0.717) is 27.8 Å². The Morgan fingerprint density at radius 1 is 0.880 bits per heavy atom. The third-order valence-electron chi connectivity index (χ3n) is 4.16. The molecule has 0 aromatic heterocycles. The summed E-state index contributed by atoms with van der Waals surface area (Å²) >= 11 is 0. The van der Waals surface area contributed by atoms with E-state index < -0.39 is 17.8 Å². The van der Waals surface area contributed by atoms with Gasteiger partial charge in [-0.15, -0.1) is 0 Å². The molecule has 0 amide bonds. The number of aliphatic hydroxyl groups is 1. The van der Waals surface area contributed by atoms with Crippen molar-refractivity contribution >= 4 is 23.1 Å². The summed E-state index contributed by atoms with van der Waals surface area (Å²) < 4.78 is 5.29. The maximum Gasteiger partial charge on any atom is 0.374 e. The van der Waals surface area contributed by atoms with Crippen molar-refractivity contribution in [3.05, 3.63) is 76.5 Å². The summed E-state index contributed by atoms with van der Waals surface area (Å²) in [5.41, 5.74) is 2.67. The summed E-state index contributed by atoms with van der Waals surface area (Å²) in [6.45, 7) is 2.94. The molecule has 126 valence electrons. The van der Waals surface area contributed by atoms with Crippen molar-refractivity contribution in [3.8, 4) is 0 Å². The van der Waals surface area contributed by atoms with Crippen molar-refractivity contribution in [3.63, 3.8) is 0 Å². The van der Waals surface area contributed by atoms with Gasteiger partial charge >= 0.3 is 5.97 Å². The Kier molecular flexibility index (Phi) is 4.23. The summed E-state index contributed by atoms with van der Waals surface area (Å²) in [7, 11) is 0. The van der Waals surface area contributed by atoms with Crippen LogP contribution in [0.4, 0.5) is 0 Å². The van der Waals surface area contributed by atoms with Crippen LogP contribution in [0.5, 0.6) is 0 Å². The standard InChI is InChI=1S/C20H16O5/c1-11(21)13-3-7-15(8-4-13)17-18(23)20(24)25-19(17)16-9-5-14(6-10-16)12(2)22/h3-10,19,23H,1-2H3. The van der Waals surface area contributed by atoms with Crippen LogP contribution in [0.3, 0.4) is 0 Å². The van der Waals surface area contributed by atoms with Crippen molar-refractivity contribution in [2.24, 2.45) is 0 Å². The lowest BCUT2D eigenvalue weighted by molar-refractivity contribution is -0.142. The lowest BCUT2D eigenvalue weighted by atomic mass is 9.93. The van der Waals surface area contributed by atoms with Gasteiger partial charge in [-0.3, -0.25) is 9.59 Å². The maximum absolute atomic E-state index is 11.9. The molecule has 0 saturated carbocycles. The van der Waals surface area contributed by atoms with Gasteiger partial charge in [-0.05, 0) is 25.0 Å². The first-order valence-corrected chi connectivity index (χ1v) is 7.75. The second-order valence-electron chi connectivity index (χ2n) is 5.86. The van der Waals surface area contributed by atoms with Gasteiger partial charge < -0.3 is 9.84 Å². The minimum Gasteiger partial charge on any atom is -0.502 e. The van der Waals surface area contributed by atoms with Gasteiger partial charge in [-0.2, -0.15) is 0 Å². The molecule has 5 nitrogen and oxygen atoms in total. The normalized spacial score (nSPS) is 16.7. The van der Waals surface area contributed by atoms with E-state index in [2.05, 4.69) is 0 Å². The lowest BCUT2D eigenvalue weighted by Gasteiger charge is -2.15. The molecule has 1 heterocycles. The second-order valence-corrected chi connectivity index (χ2v) is 5.86. The fourth-order valence-electron chi connectivity index (χ4n) is 2.76. The van der Waals surface area contributed by atoms with Crippen LogP contribution in [0.1, 0.15) is 51.8 Å². The molecule has 5 heteroatoms. The Morgan fingerprint density at radius 2 is 1.36 bits per heavy atom. The Hall–Kier alpha value is -3.21. The first-order valence-electron chi connectivity index (χ1n) is 7.75. The topological polar surface area (TPSA) is 80.7 Å². The number of hydrogen-bond acceptors (Lipinski definition) is 5. The number of benzene rings is 2. The molecule has 3 rings (SSSR count). The molecule has 1 aliphatic heterocycles. The van der Waals surface area contributed by atoms with Crippen molar-refractivity contribution in [1.29, 1.82) is 0 Å². The predicted octanol–water partition coefficient (Wildman–Crippen LogP) is 3.66. The fraction of sp³-hybridized carbons (Fsp3) is 0.150. The molecular formula is C20H16O5. The molecule has 1 aliphatic rings. The Morgan fingerprint density at radius 3 is 1.84 bits per heavy atom. The minimum atomic E-state index is -0.800. The second kappa shape index (κ2) is 6.36.